The molecule has 0 bridgehead atoms. The summed E-state index contributed by atoms with van der Waals surface area (Å²) in [6.07, 6.45) is 5.66. The van der Waals surface area contributed by atoms with Crippen molar-refractivity contribution in [1.29, 1.82) is 0 Å². The fourth-order valence-electron chi connectivity index (χ4n) is 3.98. The summed E-state index contributed by atoms with van der Waals surface area (Å²) in [7, 11) is -3.43. The third-order valence-corrected chi connectivity index (χ3v) is 8.06. The zero-order valence-corrected chi connectivity index (χ0v) is 19.6. The summed E-state index contributed by atoms with van der Waals surface area (Å²) < 4.78 is 27.0. The summed E-state index contributed by atoms with van der Waals surface area (Å²) in [4.78, 5) is 24.5. The van der Waals surface area contributed by atoms with E-state index in [1.807, 2.05) is 24.3 Å². The van der Waals surface area contributed by atoms with Gasteiger partial charge in [0.2, 0.25) is 21.8 Å². The predicted octanol–water partition coefficient (Wildman–Crippen LogP) is 3.46. The van der Waals surface area contributed by atoms with Crippen LogP contribution in [0.3, 0.4) is 0 Å². The maximum Gasteiger partial charge on any atom is 0.243 e. The average molecular weight is 470 g/mol. The minimum absolute atomic E-state index is 0.0610. The second-order valence-corrected chi connectivity index (χ2v) is 10.8. The standard InChI is InChI=1S/C25H31N3O4S/c29-24(26-18-20-5-4-6-22(17-20)27-25(30)21-10-11-21)14-9-19-7-12-23(13-8-19)33(31,32)28-15-2-1-3-16-28/h4-8,12-13,17,21H,1-3,9-11,14-16,18H2,(H,26,29)(H,27,30). The Morgan fingerprint density at radius 2 is 1.67 bits per heavy atom. The molecular formula is C25H31N3O4S. The molecule has 33 heavy (non-hydrogen) atoms. The number of hydrogen-bond acceptors (Lipinski definition) is 4. The Morgan fingerprint density at radius 3 is 2.36 bits per heavy atom. The van der Waals surface area contributed by atoms with Crippen molar-refractivity contribution in [3.8, 4) is 0 Å². The van der Waals surface area contributed by atoms with Crippen molar-refractivity contribution >= 4 is 27.5 Å². The van der Waals surface area contributed by atoms with Crippen LogP contribution < -0.4 is 10.6 Å². The molecule has 1 aliphatic carbocycles. The molecule has 2 aromatic carbocycles. The van der Waals surface area contributed by atoms with Crippen LogP contribution in [0, 0.1) is 5.92 Å². The molecule has 1 aliphatic heterocycles. The largest absolute Gasteiger partial charge is 0.352 e. The van der Waals surface area contributed by atoms with E-state index in [2.05, 4.69) is 10.6 Å². The lowest BCUT2D eigenvalue weighted by Gasteiger charge is -2.25. The van der Waals surface area contributed by atoms with Gasteiger partial charge in [-0.2, -0.15) is 4.31 Å². The first-order valence-corrected chi connectivity index (χ1v) is 13.1. The van der Waals surface area contributed by atoms with Gasteiger partial charge < -0.3 is 10.6 Å². The quantitative estimate of drug-likeness (QED) is 0.588. The fourth-order valence-corrected chi connectivity index (χ4v) is 5.50. The summed E-state index contributed by atoms with van der Waals surface area (Å²) in [6.45, 7) is 1.55. The number of nitrogens with zero attached hydrogens (tertiary/aromatic N) is 1. The van der Waals surface area contributed by atoms with Crippen LogP contribution in [-0.2, 0) is 32.6 Å². The SMILES string of the molecule is O=C(CCc1ccc(S(=O)(=O)N2CCCCC2)cc1)NCc1cccc(NC(=O)C2CC2)c1. The molecule has 0 spiro atoms. The lowest BCUT2D eigenvalue weighted by molar-refractivity contribution is -0.121. The highest BCUT2D eigenvalue weighted by atomic mass is 32.2. The van der Waals surface area contributed by atoms with Gasteiger partial charge >= 0.3 is 0 Å². The highest BCUT2D eigenvalue weighted by molar-refractivity contribution is 7.89. The lowest BCUT2D eigenvalue weighted by atomic mass is 10.1. The van der Waals surface area contributed by atoms with Gasteiger partial charge in [0.15, 0.2) is 0 Å². The predicted molar refractivity (Wildman–Crippen MR) is 127 cm³/mol. The van der Waals surface area contributed by atoms with E-state index in [1.165, 1.54) is 0 Å². The van der Waals surface area contributed by atoms with Gasteiger partial charge in [0.25, 0.3) is 0 Å². The van der Waals surface area contributed by atoms with Crippen molar-refractivity contribution in [2.24, 2.45) is 5.92 Å². The molecule has 2 aromatic rings. The van der Waals surface area contributed by atoms with Crippen LogP contribution in [0.5, 0.6) is 0 Å². The van der Waals surface area contributed by atoms with Gasteiger partial charge in [-0.05, 0) is 67.5 Å². The number of amides is 2. The van der Waals surface area contributed by atoms with Gasteiger partial charge in [-0.1, -0.05) is 30.7 Å². The maximum absolute atomic E-state index is 12.7. The Balaban J connectivity index is 1.24. The number of sulfonamides is 1. The number of piperidine rings is 1. The normalized spacial score (nSPS) is 16.8. The second kappa shape index (κ2) is 10.5. The summed E-state index contributed by atoms with van der Waals surface area (Å²) >= 11 is 0. The Kier molecular flexibility index (Phi) is 7.45. The molecule has 1 saturated heterocycles. The molecule has 1 saturated carbocycles. The van der Waals surface area contributed by atoms with Crippen molar-refractivity contribution in [3.05, 3.63) is 59.7 Å². The lowest BCUT2D eigenvalue weighted by Crippen LogP contribution is -2.35. The van der Waals surface area contributed by atoms with Crippen molar-refractivity contribution in [3.63, 3.8) is 0 Å². The molecule has 2 aliphatic rings. The van der Waals surface area contributed by atoms with E-state index < -0.39 is 10.0 Å². The first kappa shape index (κ1) is 23.4. The number of aryl methyl sites for hydroxylation is 1. The molecule has 8 heteroatoms. The van der Waals surface area contributed by atoms with Crippen LogP contribution in [0.2, 0.25) is 0 Å². The van der Waals surface area contributed by atoms with E-state index in [-0.39, 0.29) is 17.7 Å². The Labute approximate surface area is 195 Å². The van der Waals surface area contributed by atoms with Gasteiger partial charge in [0.05, 0.1) is 4.90 Å². The summed E-state index contributed by atoms with van der Waals surface area (Å²) in [5.41, 5.74) is 2.59. The minimum Gasteiger partial charge on any atom is -0.352 e. The van der Waals surface area contributed by atoms with Gasteiger partial charge in [0, 0.05) is 37.7 Å². The molecule has 7 nitrogen and oxygen atoms in total. The van der Waals surface area contributed by atoms with Crippen LogP contribution >= 0.6 is 0 Å². The van der Waals surface area contributed by atoms with Crippen molar-refractivity contribution in [2.75, 3.05) is 18.4 Å². The van der Waals surface area contributed by atoms with Crippen molar-refractivity contribution in [1.82, 2.24) is 9.62 Å². The maximum atomic E-state index is 12.7. The van der Waals surface area contributed by atoms with Gasteiger partial charge in [-0.15, -0.1) is 0 Å². The number of nitrogens with one attached hydrogen (secondary N) is 2. The van der Waals surface area contributed by atoms with Gasteiger partial charge in [-0.3, -0.25) is 9.59 Å². The fraction of sp³-hybridized carbons (Fsp3) is 0.440. The monoisotopic (exact) mass is 469 g/mol. The molecule has 0 unspecified atom stereocenters. The number of carbonyl (C=O) groups excluding carboxylic acids is 2. The van der Waals surface area contributed by atoms with E-state index in [1.54, 1.807) is 28.6 Å². The molecule has 4 rings (SSSR count). The second-order valence-electron chi connectivity index (χ2n) is 8.85. The summed E-state index contributed by atoms with van der Waals surface area (Å²) in [5, 5.41) is 5.83. The molecule has 0 atom stereocenters. The van der Waals surface area contributed by atoms with E-state index in [0.29, 0.717) is 37.4 Å². The molecular weight excluding hydrogens is 438 g/mol. The van der Waals surface area contributed by atoms with Gasteiger partial charge in [0.1, 0.15) is 0 Å². The summed E-state index contributed by atoms with van der Waals surface area (Å²) in [5.74, 6) is 0.130. The molecule has 2 amide bonds. The first-order valence-electron chi connectivity index (χ1n) is 11.7. The molecule has 2 fully saturated rings. The van der Waals surface area contributed by atoms with Crippen LogP contribution in [0.25, 0.3) is 0 Å². The van der Waals surface area contributed by atoms with Crippen LogP contribution in [0.1, 0.15) is 49.7 Å². The Morgan fingerprint density at radius 1 is 0.939 bits per heavy atom. The molecule has 0 aromatic heterocycles. The number of rotatable bonds is 9. The smallest absolute Gasteiger partial charge is 0.243 e. The highest BCUT2D eigenvalue weighted by Crippen LogP contribution is 2.30. The third-order valence-electron chi connectivity index (χ3n) is 6.15. The van der Waals surface area contributed by atoms with E-state index in [4.69, 9.17) is 0 Å². The van der Waals surface area contributed by atoms with E-state index in [0.717, 1.165) is 48.9 Å². The van der Waals surface area contributed by atoms with Crippen LogP contribution in [0.4, 0.5) is 5.69 Å². The molecule has 2 N–H and O–H groups in total. The van der Waals surface area contributed by atoms with Crippen molar-refractivity contribution in [2.45, 2.75) is 56.4 Å². The zero-order valence-electron chi connectivity index (χ0n) is 18.8. The van der Waals surface area contributed by atoms with E-state index in [9.17, 15) is 18.0 Å². The van der Waals surface area contributed by atoms with E-state index >= 15 is 0 Å². The zero-order chi connectivity index (χ0) is 23.3. The summed E-state index contributed by atoms with van der Waals surface area (Å²) in [6, 6.07) is 14.4. The van der Waals surface area contributed by atoms with Crippen molar-refractivity contribution < 1.29 is 18.0 Å². The number of anilines is 1. The molecule has 0 radical (unpaired) electrons. The van der Waals surface area contributed by atoms with Gasteiger partial charge in [-0.25, -0.2) is 8.42 Å². The third kappa shape index (κ3) is 6.42. The van der Waals surface area contributed by atoms with Crippen LogP contribution in [0.15, 0.2) is 53.4 Å². The number of carbonyl (C=O) groups is 2. The number of benzene rings is 2. The van der Waals surface area contributed by atoms with Crippen LogP contribution in [-0.4, -0.2) is 37.6 Å². The molecule has 176 valence electrons. The topological polar surface area (TPSA) is 95.6 Å². The average Bonchev–Trinajstić information content (AvgIpc) is 3.68. The number of hydrogen-bond donors (Lipinski definition) is 2. The Hall–Kier alpha value is -2.71. The highest BCUT2D eigenvalue weighted by Gasteiger charge is 2.29. The molecule has 1 heterocycles. The Bertz CT molecular complexity index is 1090. The minimum atomic E-state index is -3.43. The first-order chi connectivity index (χ1) is 15.9.